The van der Waals surface area contributed by atoms with Gasteiger partial charge in [-0.25, -0.2) is 4.79 Å². The van der Waals surface area contributed by atoms with Crippen LogP contribution in [0, 0.1) is 13.8 Å². The van der Waals surface area contributed by atoms with E-state index >= 15 is 0 Å². The van der Waals surface area contributed by atoms with Gasteiger partial charge in [-0.1, -0.05) is 11.6 Å². The SMILES string of the molecule is CCOC(=O)N1CCN(C[C@@H](O)COc2cc(C)c(Cl)c(C)c2)CC1. The Kier molecular flexibility index (Phi) is 7.35. The zero-order chi connectivity index (χ0) is 18.4. The number of amides is 1. The Hall–Kier alpha value is -1.50. The summed E-state index contributed by atoms with van der Waals surface area (Å²) in [5.41, 5.74) is 1.92. The lowest BCUT2D eigenvalue weighted by atomic mass is 10.1. The van der Waals surface area contributed by atoms with Crippen molar-refractivity contribution in [2.75, 3.05) is 45.9 Å². The average molecular weight is 371 g/mol. The van der Waals surface area contributed by atoms with E-state index in [4.69, 9.17) is 21.1 Å². The van der Waals surface area contributed by atoms with Crippen molar-refractivity contribution < 1.29 is 19.4 Å². The molecule has 0 saturated carbocycles. The van der Waals surface area contributed by atoms with E-state index in [1.165, 1.54) is 0 Å². The van der Waals surface area contributed by atoms with E-state index in [0.717, 1.165) is 29.2 Å². The number of β-amino-alcohol motifs (C(OH)–C–C–N with tert-alkyl or cyclic N) is 1. The largest absolute Gasteiger partial charge is 0.491 e. The first-order chi connectivity index (χ1) is 11.9. The Bertz CT molecular complexity index is 565. The molecular formula is C18H27ClN2O4. The fourth-order valence-electron chi connectivity index (χ4n) is 2.86. The molecule has 0 aliphatic carbocycles. The summed E-state index contributed by atoms with van der Waals surface area (Å²) in [6.07, 6.45) is -0.857. The van der Waals surface area contributed by atoms with Crippen molar-refractivity contribution >= 4 is 17.7 Å². The summed E-state index contributed by atoms with van der Waals surface area (Å²) in [6, 6.07) is 3.75. The number of halogens is 1. The van der Waals surface area contributed by atoms with Gasteiger partial charge in [-0.15, -0.1) is 0 Å². The van der Waals surface area contributed by atoms with Crippen molar-refractivity contribution in [2.24, 2.45) is 0 Å². The number of benzene rings is 1. The highest BCUT2D eigenvalue weighted by molar-refractivity contribution is 6.32. The Morgan fingerprint density at radius 3 is 2.40 bits per heavy atom. The van der Waals surface area contributed by atoms with Gasteiger partial charge in [0, 0.05) is 37.7 Å². The fraction of sp³-hybridized carbons (Fsp3) is 0.611. The molecule has 1 aliphatic heterocycles. The first-order valence-corrected chi connectivity index (χ1v) is 9.00. The van der Waals surface area contributed by atoms with Crippen molar-refractivity contribution in [3.63, 3.8) is 0 Å². The van der Waals surface area contributed by atoms with Crippen LogP contribution in [-0.4, -0.2) is 73.0 Å². The Morgan fingerprint density at radius 1 is 1.24 bits per heavy atom. The maximum Gasteiger partial charge on any atom is 0.409 e. The number of piperazine rings is 1. The highest BCUT2D eigenvalue weighted by Gasteiger charge is 2.23. The third-order valence-corrected chi connectivity index (χ3v) is 4.82. The molecule has 1 N–H and O–H groups in total. The molecule has 0 radical (unpaired) electrons. The van der Waals surface area contributed by atoms with E-state index < -0.39 is 6.10 Å². The second-order valence-corrected chi connectivity index (χ2v) is 6.70. The second kappa shape index (κ2) is 9.27. The number of aryl methyl sites for hydroxylation is 2. The molecule has 1 amide bonds. The van der Waals surface area contributed by atoms with Gasteiger partial charge in [0.25, 0.3) is 0 Å². The van der Waals surface area contributed by atoms with E-state index in [1.54, 1.807) is 11.8 Å². The topological polar surface area (TPSA) is 62.2 Å². The number of carbonyl (C=O) groups excluding carboxylic acids is 1. The standard InChI is InChI=1S/C18H27ClN2O4/c1-4-24-18(23)21-7-5-20(6-8-21)11-15(22)12-25-16-9-13(2)17(19)14(3)10-16/h9-10,15,22H,4-8,11-12H2,1-3H3/t15-/m1/s1. The highest BCUT2D eigenvalue weighted by Crippen LogP contribution is 2.25. The summed E-state index contributed by atoms with van der Waals surface area (Å²) < 4.78 is 10.7. The lowest BCUT2D eigenvalue weighted by Gasteiger charge is -2.34. The number of ether oxygens (including phenoxy) is 2. The van der Waals surface area contributed by atoms with Crippen molar-refractivity contribution in [1.29, 1.82) is 0 Å². The normalized spacial score (nSPS) is 16.6. The molecular weight excluding hydrogens is 344 g/mol. The molecule has 1 aromatic rings. The van der Waals surface area contributed by atoms with Gasteiger partial charge in [-0.2, -0.15) is 0 Å². The minimum Gasteiger partial charge on any atom is -0.491 e. The lowest BCUT2D eigenvalue weighted by Crippen LogP contribution is -2.51. The molecule has 6 nitrogen and oxygen atoms in total. The Morgan fingerprint density at radius 2 is 1.84 bits per heavy atom. The molecule has 1 aliphatic rings. The van der Waals surface area contributed by atoms with Crippen molar-refractivity contribution in [3.8, 4) is 5.75 Å². The molecule has 7 heteroatoms. The monoisotopic (exact) mass is 370 g/mol. The molecule has 1 atom stereocenters. The quantitative estimate of drug-likeness (QED) is 0.833. The van der Waals surface area contributed by atoms with Crippen LogP contribution in [-0.2, 0) is 4.74 Å². The minimum absolute atomic E-state index is 0.221. The minimum atomic E-state index is -0.592. The van der Waals surface area contributed by atoms with Crippen LogP contribution < -0.4 is 4.74 Å². The number of aliphatic hydroxyl groups excluding tert-OH is 1. The maximum atomic E-state index is 11.7. The highest BCUT2D eigenvalue weighted by atomic mass is 35.5. The molecule has 1 saturated heterocycles. The first-order valence-electron chi connectivity index (χ1n) is 8.62. The van der Waals surface area contributed by atoms with E-state index in [9.17, 15) is 9.90 Å². The van der Waals surface area contributed by atoms with Crippen LogP contribution in [0.1, 0.15) is 18.1 Å². The van der Waals surface area contributed by atoms with Crippen LogP contribution in [0.15, 0.2) is 12.1 Å². The third kappa shape index (κ3) is 5.76. The third-order valence-electron chi connectivity index (χ3n) is 4.22. The fourth-order valence-corrected chi connectivity index (χ4v) is 2.97. The summed E-state index contributed by atoms with van der Waals surface area (Å²) in [6.45, 7) is 9.45. The summed E-state index contributed by atoms with van der Waals surface area (Å²) in [5, 5.41) is 11.0. The van der Waals surface area contributed by atoms with Gasteiger partial charge in [0.2, 0.25) is 0 Å². The zero-order valence-corrected chi connectivity index (χ0v) is 15.9. The molecule has 0 spiro atoms. The number of rotatable bonds is 6. The van der Waals surface area contributed by atoms with Gasteiger partial charge in [-0.05, 0) is 44.0 Å². The van der Waals surface area contributed by atoms with E-state index in [0.29, 0.717) is 32.0 Å². The number of aliphatic hydroxyl groups is 1. The lowest BCUT2D eigenvalue weighted by molar-refractivity contribution is 0.0407. The number of nitrogens with zero attached hydrogens (tertiary/aromatic N) is 2. The number of carbonyl (C=O) groups is 1. The Labute approximate surface area is 154 Å². The predicted octanol–water partition coefficient (Wildman–Crippen LogP) is 2.47. The van der Waals surface area contributed by atoms with Gasteiger partial charge >= 0.3 is 6.09 Å². The van der Waals surface area contributed by atoms with Crippen LogP contribution in [0.2, 0.25) is 5.02 Å². The van der Waals surface area contributed by atoms with Gasteiger partial charge < -0.3 is 19.5 Å². The first kappa shape index (κ1) is 19.8. The molecule has 0 bridgehead atoms. The van der Waals surface area contributed by atoms with E-state index in [-0.39, 0.29) is 12.7 Å². The predicted molar refractivity (Wildman–Crippen MR) is 97.5 cm³/mol. The van der Waals surface area contributed by atoms with E-state index in [1.807, 2.05) is 26.0 Å². The van der Waals surface area contributed by atoms with Gasteiger partial charge in [-0.3, -0.25) is 4.90 Å². The molecule has 140 valence electrons. The van der Waals surface area contributed by atoms with Crippen LogP contribution in [0.5, 0.6) is 5.75 Å². The molecule has 0 unspecified atom stereocenters. The average Bonchev–Trinajstić information content (AvgIpc) is 2.58. The molecule has 25 heavy (non-hydrogen) atoms. The van der Waals surface area contributed by atoms with Crippen LogP contribution in [0.4, 0.5) is 4.79 Å². The summed E-state index contributed by atoms with van der Waals surface area (Å²) in [5.74, 6) is 0.714. The molecule has 0 aromatic heterocycles. The van der Waals surface area contributed by atoms with Gasteiger partial charge in [0.1, 0.15) is 18.5 Å². The van der Waals surface area contributed by atoms with Crippen molar-refractivity contribution in [2.45, 2.75) is 26.9 Å². The molecule has 2 rings (SSSR count). The summed E-state index contributed by atoms with van der Waals surface area (Å²) >= 11 is 6.15. The number of hydrogen-bond acceptors (Lipinski definition) is 5. The van der Waals surface area contributed by atoms with Gasteiger partial charge in [0.15, 0.2) is 0 Å². The number of hydrogen-bond donors (Lipinski definition) is 1. The van der Waals surface area contributed by atoms with E-state index in [2.05, 4.69) is 4.90 Å². The smallest absolute Gasteiger partial charge is 0.409 e. The maximum absolute atomic E-state index is 11.7. The second-order valence-electron chi connectivity index (χ2n) is 6.32. The van der Waals surface area contributed by atoms with Crippen molar-refractivity contribution in [3.05, 3.63) is 28.3 Å². The van der Waals surface area contributed by atoms with Crippen molar-refractivity contribution in [1.82, 2.24) is 9.80 Å². The Balaban J connectivity index is 1.74. The molecule has 1 aromatic carbocycles. The van der Waals surface area contributed by atoms with Gasteiger partial charge in [0.05, 0.1) is 6.61 Å². The van der Waals surface area contributed by atoms with Crippen LogP contribution >= 0.6 is 11.6 Å². The summed E-state index contributed by atoms with van der Waals surface area (Å²) in [4.78, 5) is 15.5. The van der Waals surface area contributed by atoms with Crippen LogP contribution in [0.3, 0.4) is 0 Å². The van der Waals surface area contributed by atoms with Crippen LogP contribution in [0.25, 0.3) is 0 Å². The zero-order valence-electron chi connectivity index (χ0n) is 15.1. The summed E-state index contributed by atoms with van der Waals surface area (Å²) in [7, 11) is 0. The molecule has 1 fully saturated rings. The molecule has 1 heterocycles.